The second kappa shape index (κ2) is 10.6. The number of nitrogens with one attached hydrogen (secondary N) is 2. The van der Waals surface area contributed by atoms with Crippen LogP contribution < -0.4 is 10.2 Å². The highest BCUT2D eigenvalue weighted by Gasteiger charge is 2.14. The van der Waals surface area contributed by atoms with Crippen molar-refractivity contribution in [3.63, 3.8) is 0 Å². The van der Waals surface area contributed by atoms with Crippen molar-refractivity contribution in [3.8, 4) is 0 Å². The van der Waals surface area contributed by atoms with Gasteiger partial charge in [-0.3, -0.25) is 4.79 Å². The highest BCUT2D eigenvalue weighted by molar-refractivity contribution is 7.99. The van der Waals surface area contributed by atoms with Crippen LogP contribution in [0, 0.1) is 0 Å². The van der Waals surface area contributed by atoms with E-state index >= 15 is 0 Å². The van der Waals surface area contributed by atoms with Crippen LogP contribution in [0.5, 0.6) is 0 Å². The molecule has 32 heavy (non-hydrogen) atoms. The Morgan fingerprint density at radius 2 is 1.72 bits per heavy atom. The number of para-hydroxylation sites is 1. The van der Waals surface area contributed by atoms with E-state index in [2.05, 4.69) is 36.6 Å². The summed E-state index contributed by atoms with van der Waals surface area (Å²) in [6, 6.07) is 27.6. The summed E-state index contributed by atoms with van der Waals surface area (Å²) in [6.45, 7) is 2.38. The normalized spacial score (nSPS) is 11.9. The second-order valence-electron chi connectivity index (χ2n) is 7.71. The van der Waals surface area contributed by atoms with Crippen LogP contribution >= 0.6 is 23.4 Å². The van der Waals surface area contributed by atoms with E-state index in [9.17, 15) is 4.79 Å². The molecule has 0 aliphatic carbocycles. The van der Waals surface area contributed by atoms with Gasteiger partial charge in [0.15, 0.2) is 0 Å². The molecule has 0 fully saturated rings. The van der Waals surface area contributed by atoms with Crippen molar-refractivity contribution in [3.05, 3.63) is 101 Å². The highest BCUT2D eigenvalue weighted by atomic mass is 35.5. The molecule has 0 aliphatic rings. The number of hydrogen-bond acceptors (Lipinski definition) is 3. The van der Waals surface area contributed by atoms with Gasteiger partial charge in [-0.25, -0.2) is 4.98 Å². The molecule has 4 nitrogen and oxygen atoms in total. The fourth-order valence-corrected chi connectivity index (χ4v) is 4.49. The van der Waals surface area contributed by atoms with Crippen molar-refractivity contribution < 1.29 is 9.69 Å². The number of carbonyl (C=O) groups is 1. The van der Waals surface area contributed by atoms with Crippen LogP contribution in [0.1, 0.15) is 15.9 Å². The minimum Gasteiger partial charge on any atom is -0.346 e. The molecule has 0 spiro atoms. The van der Waals surface area contributed by atoms with Gasteiger partial charge in [-0.2, -0.15) is 0 Å². The monoisotopic (exact) mass is 462 g/mol. The SMILES string of the molecule is C[NH+](CCNC(=O)c1cc(Sc2ccc(Cl)cc2)nc2ccccc12)Cc1ccccc1. The van der Waals surface area contributed by atoms with E-state index in [1.54, 1.807) is 0 Å². The number of nitrogens with zero attached hydrogens (tertiary/aromatic N) is 1. The number of benzene rings is 3. The predicted molar refractivity (Wildman–Crippen MR) is 132 cm³/mol. The Balaban J connectivity index is 1.45. The zero-order valence-corrected chi connectivity index (χ0v) is 19.4. The minimum absolute atomic E-state index is 0.0749. The molecule has 0 saturated carbocycles. The first-order valence-corrected chi connectivity index (χ1v) is 11.7. The maximum Gasteiger partial charge on any atom is 0.252 e. The molecule has 0 bridgehead atoms. The zero-order chi connectivity index (χ0) is 22.3. The van der Waals surface area contributed by atoms with Crippen molar-refractivity contribution in [1.82, 2.24) is 10.3 Å². The molecule has 0 saturated heterocycles. The lowest BCUT2D eigenvalue weighted by Gasteiger charge is -2.15. The summed E-state index contributed by atoms with van der Waals surface area (Å²) in [6.07, 6.45) is 0. The topological polar surface area (TPSA) is 46.4 Å². The third kappa shape index (κ3) is 5.88. The molecule has 1 aromatic heterocycles. The first-order chi connectivity index (χ1) is 15.6. The molecule has 1 amide bonds. The average Bonchev–Trinajstić information content (AvgIpc) is 2.80. The molecule has 0 aliphatic heterocycles. The molecular formula is C26H25ClN3OS+. The van der Waals surface area contributed by atoms with Gasteiger partial charge < -0.3 is 10.2 Å². The maximum atomic E-state index is 13.1. The maximum absolute atomic E-state index is 13.1. The fraction of sp³-hybridized carbons (Fsp3) is 0.154. The van der Waals surface area contributed by atoms with Gasteiger partial charge in [0.2, 0.25) is 0 Å². The number of halogens is 1. The Bertz CT molecular complexity index is 1200. The van der Waals surface area contributed by atoms with Crippen LogP contribution in [-0.4, -0.2) is 31.0 Å². The number of rotatable bonds is 8. The smallest absolute Gasteiger partial charge is 0.252 e. The van der Waals surface area contributed by atoms with Gasteiger partial charge in [0.25, 0.3) is 5.91 Å². The van der Waals surface area contributed by atoms with Crippen LogP contribution in [0.25, 0.3) is 10.9 Å². The van der Waals surface area contributed by atoms with Crippen molar-refractivity contribution in [2.75, 3.05) is 20.1 Å². The van der Waals surface area contributed by atoms with Gasteiger partial charge in [0, 0.05) is 20.9 Å². The quantitative estimate of drug-likeness (QED) is 0.405. The van der Waals surface area contributed by atoms with E-state index < -0.39 is 0 Å². The van der Waals surface area contributed by atoms with E-state index in [1.807, 2.05) is 60.7 Å². The number of fused-ring (bicyclic) bond motifs is 1. The lowest BCUT2D eigenvalue weighted by Crippen LogP contribution is -3.08. The number of amides is 1. The number of hydrogen-bond donors (Lipinski definition) is 2. The van der Waals surface area contributed by atoms with E-state index in [4.69, 9.17) is 16.6 Å². The first-order valence-electron chi connectivity index (χ1n) is 10.5. The first kappa shape index (κ1) is 22.3. The van der Waals surface area contributed by atoms with Crippen LogP contribution in [0.4, 0.5) is 0 Å². The van der Waals surface area contributed by atoms with Crippen LogP contribution in [0.2, 0.25) is 5.02 Å². The fourth-order valence-electron chi connectivity index (χ4n) is 3.53. The molecule has 1 atom stereocenters. The van der Waals surface area contributed by atoms with Crippen molar-refractivity contribution in [2.45, 2.75) is 16.5 Å². The van der Waals surface area contributed by atoms with Crippen LogP contribution in [-0.2, 0) is 6.54 Å². The number of likely N-dealkylation sites (N-methyl/N-ethyl adjacent to an activating group) is 1. The van der Waals surface area contributed by atoms with Crippen molar-refractivity contribution in [1.29, 1.82) is 0 Å². The summed E-state index contributed by atoms with van der Waals surface area (Å²) in [5.74, 6) is -0.0749. The van der Waals surface area contributed by atoms with E-state index in [-0.39, 0.29) is 5.91 Å². The molecule has 2 N–H and O–H groups in total. The molecule has 162 valence electrons. The molecule has 1 unspecified atom stereocenters. The van der Waals surface area contributed by atoms with Crippen LogP contribution in [0.15, 0.2) is 94.9 Å². The Labute approximate surface area is 197 Å². The van der Waals surface area contributed by atoms with Gasteiger partial charge in [-0.05, 0) is 36.4 Å². The zero-order valence-electron chi connectivity index (χ0n) is 17.8. The summed E-state index contributed by atoms with van der Waals surface area (Å²) < 4.78 is 0. The van der Waals surface area contributed by atoms with Gasteiger partial charge in [-0.1, -0.05) is 71.9 Å². The minimum atomic E-state index is -0.0749. The third-order valence-corrected chi connectivity index (χ3v) is 6.34. The lowest BCUT2D eigenvalue weighted by molar-refractivity contribution is -0.892. The Morgan fingerprint density at radius 3 is 2.50 bits per heavy atom. The predicted octanol–water partition coefficient (Wildman–Crippen LogP) is 4.48. The second-order valence-corrected chi connectivity index (χ2v) is 9.24. The van der Waals surface area contributed by atoms with Gasteiger partial charge in [-0.15, -0.1) is 0 Å². The Morgan fingerprint density at radius 1 is 1.00 bits per heavy atom. The Kier molecular flexibility index (Phi) is 7.43. The number of quaternary nitrogens is 1. The largest absolute Gasteiger partial charge is 0.346 e. The highest BCUT2D eigenvalue weighted by Crippen LogP contribution is 2.30. The van der Waals surface area contributed by atoms with Crippen molar-refractivity contribution >= 4 is 40.2 Å². The Hall–Kier alpha value is -2.86. The summed E-state index contributed by atoms with van der Waals surface area (Å²) in [4.78, 5) is 20.2. The standard InChI is InChI=1S/C26H24ClN3OS/c1-30(18-19-7-3-2-4-8-19)16-15-28-26(31)23-17-25(29-24-10-6-5-9-22(23)24)32-21-13-11-20(27)12-14-21/h2-14,17H,15-16,18H2,1H3,(H,28,31)/p+1. The van der Waals surface area contributed by atoms with E-state index in [0.29, 0.717) is 17.1 Å². The van der Waals surface area contributed by atoms with Crippen molar-refractivity contribution in [2.24, 2.45) is 0 Å². The van der Waals surface area contributed by atoms with E-state index in [0.717, 1.165) is 33.9 Å². The molecular weight excluding hydrogens is 438 g/mol. The molecule has 0 radical (unpaired) electrons. The lowest BCUT2D eigenvalue weighted by atomic mass is 10.1. The molecule has 1 heterocycles. The molecule has 4 aromatic rings. The number of aromatic nitrogens is 1. The summed E-state index contributed by atoms with van der Waals surface area (Å²) in [7, 11) is 2.14. The molecule has 6 heteroatoms. The molecule has 3 aromatic carbocycles. The summed E-state index contributed by atoms with van der Waals surface area (Å²) in [5, 5.41) is 5.42. The third-order valence-electron chi connectivity index (χ3n) is 5.16. The number of carbonyl (C=O) groups excluding carboxylic acids is 1. The summed E-state index contributed by atoms with van der Waals surface area (Å²) >= 11 is 7.51. The van der Waals surface area contributed by atoms with Crippen LogP contribution in [0.3, 0.4) is 0 Å². The van der Waals surface area contributed by atoms with Gasteiger partial charge in [0.1, 0.15) is 11.6 Å². The van der Waals surface area contributed by atoms with Gasteiger partial charge >= 0.3 is 0 Å². The molecule has 4 rings (SSSR count). The van der Waals surface area contributed by atoms with Gasteiger partial charge in [0.05, 0.1) is 31.2 Å². The summed E-state index contributed by atoms with van der Waals surface area (Å²) in [5.41, 5.74) is 2.75. The average molecular weight is 463 g/mol. The number of pyridine rings is 1. The van der Waals surface area contributed by atoms with E-state index in [1.165, 1.54) is 22.2 Å².